The minimum absolute atomic E-state index is 0.515. The van der Waals surface area contributed by atoms with Gasteiger partial charge in [0, 0.05) is 24.5 Å². The summed E-state index contributed by atoms with van der Waals surface area (Å²) < 4.78 is 0. The van der Waals surface area contributed by atoms with Crippen molar-refractivity contribution < 1.29 is 5.11 Å². The maximum atomic E-state index is 10.5. The van der Waals surface area contributed by atoms with Gasteiger partial charge in [-0.1, -0.05) is 30.3 Å². The van der Waals surface area contributed by atoms with E-state index in [0.717, 1.165) is 36.2 Å². The second-order valence-electron chi connectivity index (χ2n) is 5.81. The van der Waals surface area contributed by atoms with Crippen LogP contribution in [0.2, 0.25) is 0 Å². The lowest BCUT2D eigenvalue weighted by Crippen LogP contribution is -2.33. The van der Waals surface area contributed by atoms with E-state index < -0.39 is 6.10 Å². The molecule has 1 aliphatic heterocycles. The number of benzene rings is 2. The highest BCUT2D eigenvalue weighted by atomic mass is 16.3. The molecule has 2 aromatic rings. The fourth-order valence-electron chi connectivity index (χ4n) is 2.98. The zero-order valence-electron chi connectivity index (χ0n) is 12.4. The van der Waals surface area contributed by atoms with E-state index in [-0.39, 0.29) is 0 Å². The van der Waals surface area contributed by atoms with E-state index in [1.807, 2.05) is 25.1 Å². The van der Waals surface area contributed by atoms with E-state index in [4.69, 9.17) is 5.73 Å². The van der Waals surface area contributed by atoms with Crippen LogP contribution in [0.1, 0.15) is 29.2 Å². The third kappa shape index (κ3) is 2.88. The van der Waals surface area contributed by atoms with Gasteiger partial charge in [-0.05, 0) is 48.6 Å². The predicted molar refractivity (Wildman–Crippen MR) is 87.5 cm³/mol. The lowest BCUT2D eigenvalue weighted by molar-refractivity contribution is 0.183. The third-order valence-electron chi connectivity index (χ3n) is 4.29. The maximum Gasteiger partial charge on any atom is 0.0965 e. The van der Waals surface area contributed by atoms with E-state index in [9.17, 15) is 5.11 Å². The number of rotatable bonds is 3. The fourth-order valence-corrected chi connectivity index (χ4v) is 2.98. The number of aryl methyl sites for hydroxylation is 2. The van der Waals surface area contributed by atoms with Crippen molar-refractivity contribution in [2.24, 2.45) is 0 Å². The van der Waals surface area contributed by atoms with Gasteiger partial charge < -0.3 is 15.7 Å². The van der Waals surface area contributed by atoms with Crippen LogP contribution in [0.4, 0.5) is 11.4 Å². The molecule has 3 heteroatoms. The van der Waals surface area contributed by atoms with E-state index in [2.05, 4.69) is 29.2 Å². The zero-order chi connectivity index (χ0) is 14.8. The lowest BCUT2D eigenvalue weighted by Gasteiger charge is -2.33. The van der Waals surface area contributed by atoms with E-state index in [1.165, 1.54) is 11.3 Å². The number of aliphatic hydroxyl groups excluding tert-OH is 1. The van der Waals surface area contributed by atoms with Crippen LogP contribution in [-0.2, 0) is 6.42 Å². The van der Waals surface area contributed by atoms with Crippen molar-refractivity contribution >= 4 is 11.4 Å². The Labute approximate surface area is 126 Å². The fraction of sp³-hybridized carbons (Fsp3) is 0.333. The lowest BCUT2D eigenvalue weighted by atomic mass is 10.00. The van der Waals surface area contributed by atoms with Gasteiger partial charge in [0.2, 0.25) is 0 Å². The van der Waals surface area contributed by atoms with E-state index in [1.54, 1.807) is 0 Å². The Bertz CT molecular complexity index is 639. The molecule has 0 spiro atoms. The Morgan fingerprint density at radius 3 is 2.86 bits per heavy atom. The number of hydrogen-bond donors (Lipinski definition) is 2. The van der Waals surface area contributed by atoms with Crippen molar-refractivity contribution in [2.45, 2.75) is 25.9 Å². The van der Waals surface area contributed by atoms with Crippen molar-refractivity contribution in [1.82, 2.24) is 0 Å². The number of nitrogens with two attached hydrogens (primary N) is 1. The molecule has 0 saturated heterocycles. The second kappa shape index (κ2) is 5.78. The van der Waals surface area contributed by atoms with Crippen molar-refractivity contribution in [3.63, 3.8) is 0 Å². The number of nitrogen functional groups attached to an aromatic ring is 1. The number of anilines is 2. The highest BCUT2D eigenvalue weighted by Crippen LogP contribution is 2.29. The molecule has 110 valence electrons. The van der Waals surface area contributed by atoms with E-state index in [0.29, 0.717) is 6.54 Å². The Hall–Kier alpha value is -2.00. The summed E-state index contributed by atoms with van der Waals surface area (Å²) >= 11 is 0. The van der Waals surface area contributed by atoms with Gasteiger partial charge in [0.05, 0.1) is 6.10 Å². The van der Waals surface area contributed by atoms with Crippen LogP contribution in [0.5, 0.6) is 0 Å². The minimum atomic E-state index is -0.515. The van der Waals surface area contributed by atoms with Gasteiger partial charge in [-0.3, -0.25) is 0 Å². The van der Waals surface area contributed by atoms with Crippen LogP contribution in [0.15, 0.2) is 42.5 Å². The number of hydrogen-bond acceptors (Lipinski definition) is 3. The van der Waals surface area contributed by atoms with Crippen LogP contribution < -0.4 is 10.6 Å². The van der Waals surface area contributed by atoms with Gasteiger partial charge in [0.1, 0.15) is 0 Å². The summed E-state index contributed by atoms with van der Waals surface area (Å²) in [5.74, 6) is 0. The molecule has 0 amide bonds. The Kier molecular flexibility index (Phi) is 3.84. The molecule has 0 aromatic heterocycles. The van der Waals surface area contributed by atoms with Gasteiger partial charge in [0.25, 0.3) is 0 Å². The molecule has 0 bridgehead atoms. The van der Waals surface area contributed by atoms with Crippen LogP contribution in [0.25, 0.3) is 0 Å². The summed E-state index contributed by atoms with van der Waals surface area (Å²) in [6.45, 7) is 3.58. The Morgan fingerprint density at radius 2 is 2.05 bits per heavy atom. The van der Waals surface area contributed by atoms with E-state index >= 15 is 0 Å². The van der Waals surface area contributed by atoms with Crippen LogP contribution in [-0.4, -0.2) is 18.2 Å². The first-order valence-electron chi connectivity index (χ1n) is 7.52. The number of aliphatic hydroxyl groups is 1. The first kappa shape index (κ1) is 14.0. The summed E-state index contributed by atoms with van der Waals surface area (Å²) in [6, 6.07) is 14.3. The van der Waals surface area contributed by atoms with Crippen molar-refractivity contribution in [2.75, 3.05) is 23.7 Å². The minimum Gasteiger partial charge on any atom is -0.399 e. The number of fused-ring (bicyclic) bond motifs is 1. The number of nitrogens with zero attached hydrogens (tertiary/aromatic N) is 1. The van der Waals surface area contributed by atoms with Crippen LogP contribution in [0, 0.1) is 6.92 Å². The average Bonchev–Trinajstić information content (AvgIpc) is 2.50. The predicted octanol–water partition coefficient (Wildman–Crippen LogP) is 3.06. The normalized spacial score (nSPS) is 15.6. The first-order valence-corrected chi connectivity index (χ1v) is 7.52. The topological polar surface area (TPSA) is 49.5 Å². The largest absolute Gasteiger partial charge is 0.399 e. The molecule has 0 fully saturated rings. The SMILES string of the molecule is Cc1ccc(C(O)CN2CCCc3ccccc32)cc1N. The maximum absolute atomic E-state index is 10.5. The molecule has 1 unspecified atom stereocenters. The molecule has 0 aliphatic carbocycles. The van der Waals surface area contributed by atoms with Gasteiger partial charge in [-0.15, -0.1) is 0 Å². The zero-order valence-corrected chi connectivity index (χ0v) is 12.4. The van der Waals surface area contributed by atoms with Crippen LogP contribution in [0.3, 0.4) is 0 Å². The summed E-state index contributed by atoms with van der Waals surface area (Å²) in [4.78, 5) is 2.28. The summed E-state index contributed by atoms with van der Waals surface area (Å²) in [5.41, 5.74) is 11.3. The molecular formula is C18H22N2O. The molecule has 1 atom stereocenters. The molecule has 0 saturated carbocycles. The molecule has 1 aliphatic rings. The van der Waals surface area contributed by atoms with Gasteiger partial charge in [-0.2, -0.15) is 0 Å². The first-order chi connectivity index (χ1) is 10.1. The highest BCUT2D eigenvalue weighted by molar-refractivity contribution is 5.56. The molecule has 3 N–H and O–H groups in total. The average molecular weight is 282 g/mol. The molecule has 3 nitrogen and oxygen atoms in total. The summed E-state index contributed by atoms with van der Waals surface area (Å²) in [6.07, 6.45) is 1.75. The number of β-amino-alcohol motifs (C(OH)–C–C–N with tert-alkyl or cyclic N) is 1. The molecule has 3 rings (SSSR count). The highest BCUT2D eigenvalue weighted by Gasteiger charge is 2.19. The molecule has 0 radical (unpaired) electrons. The standard InChI is InChI=1S/C18H22N2O/c1-13-8-9-15(11-16(13)19)18(21)12-20-10-4-6-14-5-2-3-7-17(14)20/h2-3,5,7-9,11,18,21H,4,6,10,12,19H2,1H3. The van der Waals surface area contributed by atoms with Crippen molar-refractivity contribution in [3.05, 3.63) is 59.2 Å². The van der Waals surface area contributed by atoms with Crippen molar-refractivity contribution in [3.8, 4) is 0 Å². The third-order valence-corrected chi connectivity index (χ3v) is 4.29. The molecular weight excluding hydrogens is 260 g/mol. The van der Waals surface area contributed by atoms with Gasteiger partial charge in [0.15, 0.2) is 0 Å². The van der Waals surface area contributed by atoms with Crippen LogP contribution >= 0.6 is 0 Å². The molecule has 2 aromatic carbocycles. The summed E-state index contributed by atoms with van der Waals surface area (Å²) in [5, 5.41) is 10.5. The Morgan fingerprint density at radius 1 is 1.24 bits per heavy atom. The quantitative estimate of drug-likeness (QED) is 0.851. The van der Waals surface area contributed by atoms with Gasteiger partial charge in [-0.25, -0.2) is 0 Å². The smallest absolute Gasteiger partial charge is 0.0965 e. The molecule has 1 heterocycles. The van der Waals surface area contributed by atoms with Crippen molar-refractivity contribution in [1.29, 1.82) is 0 Å². The monoisotopic (exact) mass is 282 g/mol. The second-order valence-corrected chi connectivity index (χ2v) is 5.81. The number of para-hydroxylation sites is 1. The molecule has 21 heavy (non-hydrogen) atoms. The summed E-state index contributed by atoms with van der Waals surface area (Å²) in [7, 11) is 0. The van der Waals surface area contributed by atoms with Gasteiger partial charge >= 0.3 is 0 Å². The Balaban J connectivity index is 1.79.